The molecule has 1 atom stereocenters. The highest BCUT2D eigenvalue weighted by Crippen LogP contribution is 2.29. The Bertz CT molecular complexity index is 1290. The largest absolute Gasteiger partial charge is 0.421 e. The van der Waals surface area contributed by atoms with Crippen LogP contribution in [-0.2, 0) is 29.1 Å². The maximum absolute atomic E-state index is 14.5. The number of halogens is 1. The molecule has 0 amide bonds. The molecule has 3 aromatic rings. The second kappa shape index (κ2) is 9.60. The summed E-state index contributed by atoms with van der Waals surface area (Å²) in [6, 6.07) is 8.97. The van der Waals surface area contributed by atoms with Gasteiger partial charge in [0.15, 0.2) is 21.4 Å². The maximum Gasteiger partial charge on any atom is 0.322 e. The number of benzene rings is 1. The Morgan fingerprint density at radius 1 is 1.16 bits per heavy atom. The lowest BCUT2D eigenvalue weighted by Crippen LogP contribution is -2.19. The standard InChI is InChI=1S/C23H26FN3O4S/c1-5-15(3)32(29,30)14-18-12-20(17-10-11-21(28)27(4)13-17)26-23(25-18)31-22-16(6-2)8-7-9-19(22)24/h7-13,15H,5-6,14H2,1-4H3/t15-/m1/s1. The summed E-state index contributed by atoms with van der Waals surface area (Å²) in [6.45, 7) is 5.32. The van der Waals surface area contributed by atoms with Gasteiger partial charge in [-0.3, -0.25) is 4.79 Å². The molecule has 2 heterocycles. The van der Waals surface area contributed by atoms with E-state index in [-0.39, 0.29) is 28.8 Å². The summed E-state index contributed by atoms with van der Waals surface area (Å²) in [6.07, 6.45) is 2.59. The van der Waals surface area contributed by atoms with E-state index in [1.54, 1.807) is 51.4 Å². The van der Waals surface area contributed by atoms with Gasteiger partial charge in [0.1, 0.15) is 0 Å². The van der Waals surface area contributed by atoms with Gasteiger partial charge in [-0.05, 0) is 43.5 Å². The molecule has 7 nitrogen and oxygen atoms in total. The molecule has 0 unspecified atom stereocenters. The molecule has 0 bridgehead atoms. The predicted octanol–water partition coefficient (Wildman–Crippen LogP) is 4.05. The molecule has 0 N–H and O–H groups in total. The van der Waals surface area contributed by atoms with E-state index in [9.17, 15) is 17.6 Å². The first-order chi connectivity index (χ1) is 15.1. The van der Waals surface area contributed by atoms with Crippen molar-refractivity contribution in [2.24, 2.45) is 7.05 Å². The molecule has 3 rings (SSSR count). The average Bonchev–Trinajstić information content (AvgIpc) is 2.75. The minimum absolute atomic E-state index is 0.00310. The van der Waals surface area contributed by atoms with Gasteiger partial charge in [0.05, 0.1) is 22.4 Å². The first-order valence-electron chi connectivity index (χ1n) is 10.4. The fourth-order valence-electron chi connectivity index (χ4n) is 3.13. The number of aryl methyl sites for hydroxylation is 2. The fraction of sp³-hybridized carbons (Fsp3) is 0.348. The number of hydrogen-bond donors (Lipinski definition) is 0. The summed E-state index contributed by atoms with van der Waals surface area (Å²) in [5, 5.41) is -0.541. The lowest BCUT2D eigenvalue weighted by molar-refractivity contribution is 0.405. The zero-order valence-corrected chi connectivity index (χ0v) is 19.3. The first kappa shape index (κ1) is 23.6. The molecular formula is C23H26FN3O4S. The molecule has 32 heavy (non-hydrogen) atoms. The molecule has 2 aromatic heterocycles. The number of para-hydroxylation sites is 1. The van der Waals surface area contributed by atoms with Crippen LogP contribution in [0.15, 0.2) is 47.4 Å². The molecule has 0 aliphatic heterocycles. The number of rotatable bonds is 8. The number of hydrogen-bond acceptors (Lipinski definition) is 6. The SMILES string of the molecule is CCc1cccc(F)c1Oc1nc(CS(=O)(=O)[C@H](C)CC)cc(-c2ccc(=O)n(C)c2)n1. The number of aromatic nitrogens is 3. The van der Waals surface area contributed by atoms with Crippen LogP contribution >= 0.6 is 0 Å². The lowest BCUT2D eigenvalue weighted by atomic mass is 10.1. The monoisotopic (exact) mass is 459 g/mol. The highest BCUT2D eigenvalue weighted by atomic mass is 32.2. The van der Waals surface area contributed by atoms with Gasteiger partial charge in [-0.15, -0.1) is 0 Å². The summed E-state index contributed by atoms with van der Waals surface area (Å²) in [5.74, 6) is -0.866. The van der Waals surface area contributed by atoms with E-state index in [1.807, 2.05) is 6.92 Å². The topological polar surface area (TPSA) is 91.1 Å². The van der Waals surface area contributed by atoms with Gasteiger partial charge >= 0.3 is 6.01 Å². The van der Waals surface area contributed by atoms with Crippen LogP contribution in [0.4, 0.5) is 4.39 Å². The molecule has 170 valence electrons. The Labute approximate surface area is 186 Å². The summed E-state index contributed by atoms with van der Waals surface area (Å²) < 4.78 is 47.0. The molecule has 0 radical (unpaired) electrons. The van der Waals surface area contributed by atoms with Gasteiger partial charge in [0, 0.05) is 24.9 Å². The van der Waals surface area contributed by atoms with Crippen molar-refractivity contribution in [1.82, 2.24) is 14.5 Å². The molecule has 0 fully saturated rings. The van der Waals surface area contributed by atoms with Crippen molar-refractivity contribution in [1.29, 1.82) is 0 Å². The van der Waals surface area contributed by atoms with Crippen LogP contribution in [-0.4, -0.2) is 28.2 Å². The smallest absolute Gasteiger partial charge is 0.322 e. The highest BCUT2D eigenvalue weighted by molar-refractivity contribution is 7.91. The predicted molar refractivity (Wildman–Crippen MR) is 121 cm³/mol. The normalized spacial score (nSPS) is 12.5. The molecule has 9 heteroatoms. The maximum atomic E-state index is 14.5. The summed E-state index contributed by atoms with van der Waals surface area (Å²) >= 11 is 0. The van der Waals surface area contributed by atoms with E-state index in [0.717, 1.165) is 0 Å². The Morgan fingerprint density at radius 2 is 1.91 bits per heavy atom. The van der Waals surface area contributed by atoms with Crippen molar-refractivity contribution in [3.8, 4) is 23.0 Å². The number of sulfone groups is 1. The zero-order valence-electron chi connectivity index (χ0n) is 18.5. The van der Waals surface area contributed by atoms with Gasteiger partial charge in [-0.2, -0.15) is 9.97 Å². The number of pyridine rings is 1. The molecule has 0 aliphatic rings. The second-order valence-corrected chi connectivity index (χ2v) is 10.0. The van der Waals surface area contributed by atoms with Gasteiger partial charge < -0.3 is 9.30 Å². The fourth-order valence-corrected chi connectivity index (χ4v) is 4.48. The minimum Gasteiger partial charge on any atom is -0.421 e. The van der Waals surface area contributed by atoms with E-state index in [1.165, 1.54) is 16.7 Å². The molecule has 0 saturated carbocycles. The van der Waals surface area contributed by atoms with Crippen molar-refractivity contribution >= 4 is 9.84 Å². The Hall–Kier alpha value is -3.07. The van der Waals surface area contributed by atoms with Crippen molar-refractivity contribution in [3.63, 3.8) is 0 Å². The third kappa shape index (κ3) is 5.21. The van der Waals surface area contributed by atoms with Crippen LogP contribution < -0.4 is 10.3 Å². The van der Waals surface area contributed by atoms with Crippen LogP contribution in [0.3, 0.4) is 0 Å². The third-order valence-corrected chi connectivity index (χ3v) is 7.56. The van der Waals surface area contributed by atoms with Crippen LogP contribution in [0.1, 0.15) is 38.4 Å². The van der Waals surface area contributed by atoms with E-state index < -0.39 is 20.9 Å². The quantitative estimate of drug-likeness (QED) is 0.505. The van der Waals surface area contributed by atoms with E-state index >= 15 is 0 Å². The number of nitrogens with zero attached hydrogens (tertiary/aromatic N) is 3. The molecule has 1 aromatic carbocycles. The third-order valence-electron chi connectivity index (χ3n) is 5.30. The Balaban J connectivity index is 2.12. The van der Waals surface area contributed by atoms with Gasteiger partial charge in [0.25, 0.3) is 0 Å². The van der Waals surface area contributed by atoms with Crippen LogP contribution in [0.2, 0.25) is 0 Å². The van der Waals surface area contributed by atoms with Gasteiger partial charge in [-0.1, -0.05) is 26.0 Å². The van der Waals surface area contributed by atoms with Crippen molar-refractivity contribution in [3.05, 3.63) is 70.0 Å². The summed E-state index contributed by atoms with van der Waals surface area (Å²) in [7, 11) is -1.86. The lowest BCUT2D eigenvalue weighted by Gasteiger charge is -2.14. The van der Waals surface area contributed by atoms with E-state index in [0.29, 0.717) is 29.7 Å². The van der Waals surface area contributed by atoms with Crippen LogP contribution in [0.25, 0.3) is 11.3 Å². The molecule has 0 saturated heterocycles. The van der Waals surface area contributed by atoms with E-state index in [2.05, 4.69) is 9.97 Å². The zero-order chi connectivity index (χ0) is 23.5. The number of ether oxygens (including phenoxy) is 1. The minimum atomic E-state index is -3.46. The summed E-state index contributed by atoms with van der Waals surface area (Å²) in [5.41, 5.74) is 1.61. The van der Waals surface area contributed by atoms with Crippen LogP contribution in [0, 0.1) is 5.82 Å². The molecule has 0 spiro atoms. The van der Waals surface area contributed by atoms with Gasteiger partial charge in [0.2, 0.25) is 5.56 Å². The van der Waals surface area contributed by atoms with Gasteiger partial charge in [-0.25, -0.2) is 12.8 Å². The molecular weight excluding hydrogens is 433 g/mol. The average molecular weight is 460 g/mol. The van der Waals surface area contributed by atoms with Crippen molar-refractivity contribution < 1.29 is 17.5 Å². The first-order valence-corrected chi connectivity index (χ1v) is 12.1. The Morgan fingerprint density at radius 3 is 2.56 bits per heavy atom. The van der Waals surface area contributed by atoms with Crippen LogP contribution in [0.5, 0.6) is 11.8 Å². The molecule has 0 aliphatic carbocycles. The highest BCUT2D eigenvalue weighted by Gasteiger charge is 2.22. The summed E-state index contributed by atoms with van der Waals surface area (Å²) in [4.78, 5) is 20.4. The Kier molecular flexibility index (Phi) is 7.08. The van der Waals surface area contributed by atoms with E-state index in [4.69, 9.17) is 4.74 Å². The van der Waals surface area contributed by atoms with Crippen molar-refractivity contribution in [2.45, 2.75) is 44.6 Å². The van der Waals surface area contributed by atoms with Crippen molar-refractivity contribution in [2.75, 3.05) is 0 Å². The second-order valence-electron chi connectivity index (χ2n) is 7.60.